The van der Waals surface area contributed by atoms with Gasteiger partial charge in [0.15, 0.2) is 6.04 Å². The molecule has 0 aliphatic heterocycles. The quantitative estimate of drug-likeness (QED) is 0.816. The number of nitriles is 1. The van der Waals surface area contributed by atoms with E-state index in [0.29, 0.717) is 23.7 Å². The van der Waals surface area contributed by atoms with Crippen LogP contribution in [0.4, 0.5) is 5.69 Å². The van der Waals surface area contributed by atoms with Gasteiger partial charge in [0.2, 0.25) is 0 Å². The molecule has 0 aliphatic carbocycles. The molecule has 0 fully saturated rings. The van der Waals surface area contributed by atoms with Crippen LogP contribution in [0.1, 0.15) is 18.2 Å². The van der Waals surface area contributed by atoms with Crippen LogP contribution in [0.5, 0.6) is 0 Å². The van der Waals surface area contributed by atoms with Gasteiger partial charge in [-0.2, -0.15) is 5.26 Å². The highest BCUT2D eigenvalue weighted by Gasteiger charge is 2.15. The van der Waals surface area contributed by atoms with Gasteiger partial charge in [-0.3, -0.25) is 4.68 Å². The maximum absolute atomic E-state index is 9.28. The standard InChI is InChI=1S/C13H13BrClN5O/c14-10-6-9(2-3-11(10)15)17-12(7-16)13-8-20(19-18-13)4-1-5-21/h2-3,6,8,12,17,21H,1,4-5H2. The molecule has 2 aromatic rings. The molecule has 0 amide bonds. The minimum absolute atomic E-state index is 0.0912. The highest BCUT2D eigenvalue weighted by atomic mass is 79.9. The molecule has 1 aromatic heterocycles. The fourth-order valence-electron chi connectivity index (χ4n) is 1.71. The number of rotatable bonds is 6. The lowest BCUT2D eigenvalue weighted by Gasteiger charge is -2.11. The number of aliphatic hydroxyl groups is 1. The van der Waals surface area contributed by atoms with Crippen LogP contribution in [-0.2, 0) is 6.54 Å². The van der Waals surface area contributed by atoms with Crippen molar-refractivity contribution in [1.82, 2.24) is 15.0 Å². The molecule has 1 heterocycles. The second kappa shape index (κ2) is 7.41. The van der Waals surface area contributed by atoms with Crippen molar-refractivity contribution in [2.75, 3.05) is 11.9 Å². The van der Waals surface area contributed by atoms with E-state index in [4.69, 9.17) is 16.7 Å². The summed E-state index contributed by atoms with van der Waals surface area (Å²) in [6, 6.07) is 6.85. The van der Waals surface area contributed by atoms with Crippen LogP contribution in [-0.4, -0.2) is 26.7 Å². The number of halogens is 2. The van der Waals surface area contributed by atoms with Crippen LogP contribution < -0.4 is 5.32 Å². The van der Waals surface area contributed by atoms with Gasteiger partial charge in [-0.15, -0.1) is 5.10 Å². The first-order valence-corrected chi connectivity index (χ1v) is 7.43. The SMILES string of the molecule is N#CC(Nc1ccc(Cl)c(Br)c1)c1cn(CCCO)nn1. The predicted molar refractivity (Wildman–Crippen MR) is 82.9 cm³/mol. The Balaban J connectivity index is 2.10. The fourth-order valence-corrected chi connectivity index (χ4v) is 2.21. The number of hydrogen-bond acceptors (Lipinski definition) is 5. The van der Waals surface area contributed by atoms with Gasteiger partial charge in [0.25, 0.3) is 0 Å². The zero-order valence-corrected chi connectivity index (χ0v) is 13.3. The molecule has 0 spiro atoms. The molecule has 110 valence electrons. The Morgan fingerprint density at radius 3 is 3.00 bits per heavy atom. The third-order valence-electron chi connectivity index (χ3n) is 2.76. The van der Waals surface area contributed by atoms with Crippen molar-refractivity contribution in [2.45, 2.75) is 19.0 Å². The second-order valence-electron chi connectivity index (χ2n) is 4.32. The molecule has 0 bridgehead atoms. The third-order valence-corrected chi connectivity index (χ3v) is 3.97. The third kappa shape index (κ3) is 4.17. The van der Waals surface area contributed by atoms with Gasteiger partial charge >= 0.3 is 0 Å². The highest BCUT2D eigenvalue weighted by molar-refractivity contribution is 9.10. The first-order valence-electron chi connectivity index (χ1n) is 6.26. The Labute approximate surface area is 135 Å². The molecule has 1 unspecified atom stereocenters. The van der Waals surface area contributed by atoms with E-state index in [1.807, 2.05) is 0 Å². The Morgan fingerprint density at radius 1 is 1.52 bits per heavy atom. The molecule has 8 heteroatoms. The molecular weight excluding hydrogens is 358 g/mol. The maximum atomic E-state index is 9.28. The summed E-state index contributed by atoms with van der Waals surface area (Å²) in [5.41, 5.74) is 1.28. The van der Waals surface area contributed by atoms with Gasteiger partial charge in [-0.05, 0) is 40.5 Å². The van der Waals surface area contributed by atoms with Gasteiger partial charge in [0.05, 0.1) is 17.3 Å². The lowest BCUT2D eigenvalue weighted by atomic mass is 10.2. The van der Waals surface area contributed by atoms with Crippen molar-refractivity contribution in [2.24, 2.45) is 0 Å². The van der Waals surface area contributed by atoms with Crippen LogP contribution >= 0.6 is 27.5 Å². The molecule has 0 saturated carbocycles. The molecule has 6 nitrogen and oxygen atoms in total. The fraction of sp³-hybridized carbons (Fsp3) is 0.308. The van der Waals surface area contributed by atoms with Crippen LogP contribution in [0.2, 0.25) is 5.02 Å². The summed E-state index contributed by atoms with van der Waals surface area (Å²) in [5.74, 6) is 0. The summed E-state index contributed by atoms with van der Waals surface area (Å²) in [5, 5.41) is 29.7. The summed E-state index contributed by atoms with van der Waals surface area (Å²) in [7, 11) is 0. The van der Waals surface area contributed by atoms with Gasteiger partial charge in [-0.1, -0.05) is 16.8 Å². The summed E-state index contributed by atoms with van der Waals surface area (Å²) in [6.07, 6.45) is 2.29. The van der Waals surface area contributed by atoms with E-state index < -0.39 is 6.04 Å². The largest absolute Gasteiger partial charge is 0.396 e. The lowest BCUT2D eigenvalue weighted by Crippen LogP contribution is -2.09. The van der Waals surface area contributed by atoms with Crippen molar-refractivity contribution in [1.29, 1.82) is 5.26 Å². The van der Waals surface area contributed by atoms with E-state index in [2.05, 4.69) is 37.6 Å². The monoisotopic (exact) mass is 369 g/mol. The number of benzene rings is 1. The van der Waals surface area contributed by atoms with Gasteiger partial charge in [-0.25, -0.2) is 0 Å². The van der Waals surface area contributed by atoms with Crippen LogP contribution in [0.15, 0.2) is 28.9 Å². The predicted octanol–water partition coefficient (Wildman–Crippen LogP) is 2.75. The van der Waals surface area contributed by atoms with Crippen molar-refractivity contribution in [3.8, 4) is 6.07 Å². The molecule has 2 N–H and O–H groups in total. The number of nitrogens with one attached hydrogen (secondary N) is 1. The van der Waals surface area contributed by atoms with Crippen LogP contribution in [0, 0.1) is 11.3 Å². The Kier molecular flexibility index (Phi) is 5.56. The molecule has 0 saturated heterocycles. The number of nitrogens with zero attached hydrogens (tertiary/aromatic N) is 4. The average molecular weight is 371 g/mol. The summed E-state index contributed by atoms with van der Waals surface area (Å²) < 4.78 is 2.35. The minimum atomic E-state index is -0.610. The number of hydrogen-bond donors (Lipinski definition) is 2. The highest BCUT2D eigenvalue weighted by Crippen LogP contribution is 2.27. The van der Waals surface area contributed by atoms with Gasteiger partial charge in [0, 0.05) is 23.3 Å². The van der Waals surface area contributed by atoms with Crippen LogP contribution in [0.3, 0.4) is 0 Å². The molecule has 2 rings (SSSR count). The first-order chi connectivity index (χ1) is 10.1. The van der Waals surface area contributed by atoms with Gasteiger partial charge in [0.1, 0.15) is 5.69 Å². The van der Waals surface area contributed by atoms with E-state index in [1.165, 1.54) is 0 Å². The topological polar surface area (TPSA) is 86.8 Å². The first kappa shape index (κ1) is 15.8. The average Bonchev–Trinajstić information content (AvgIpc) is 2.95. The molecule has 21 heavy (non-hydrogen) atoms. The summed E-state index contributed by atoms with van der Waals surface area (Å²) >= 11 is 9.27. The van der Waals surface area contributed by atoms with E-state index in [9.17, 15) is 5.26 Å². The Morgan fingerprint density at radius 2 is 2.33 bits per heavy atom. The van der Waals surface area contributed by atoms with Crippen molar-refractivity contribution < 1.29 is 5.11 Å². The van der Waals surface area contributed by atoms with E-state index in [1.54, 1.807) is 29.1 Å². The lowest BCUT2D eigenvalue weighted by molar-refractivity contribution is 0.276. The van der Waals surface area contributed by atoms with Gasteiger partial charge < -0.3 is 10.4 Å². The van der Waals surface area contributed by atoms with E-state index in [-0.39, 0.29) is 6.61 Å². The van der Waals surface area contributed by atoms with E-state index in [0.717, 1.165) is 10.2 Å². The normalized spacial score (nSPS) is 11.9. The Hall–Kier alpha value is -1.62. The van der Waals surface area contributed by atoms with Crippen molar-refractivity contribution in [3.05, 3.63) is 39.6 Å². The number of aliphatic hydroxyl groups excluding tert-OH is 1. The second-order valence-corrected chi connectivity index (χ2v) is 5.58. The Bertz CT molecular complexity index is 654. The molecule has 1 aromatic carbocycles. The maximum Gasteiger partial charge on any atom is 0.160 e. The summed E-state index contributed by atoms with van der Waals surface area (Å²) in [6.45, 7) is 0.655. The van der Waals surface area contributed by atoms with Crippen molar-refractivity contribution in [3.63, 3.8) is 0 Å². The number of aryl methyl sites for hydroxylation is 1. The minimum Gasteiger partial charge on any atom is -0.396 e. The molecule has 0 radical (unpaired) electrons. The summed E-state index contributed by atoms with van der Waals surface area (Å²) in [4.78, 5) is 0. The number of aromatic nitrogens is 3. The molecule has 0 aliphatic rings. The zero-order valence-electron chi connectivity index (χ0n) is 11.0. The number of anilines is 1. The van der Waals surface area contributed by atoms with Crippen molar-refractivity contribution >= 4 is 33.2 Å². The smallest absolute Gasteiger partial charge is 0.160 e. The molecular formula is C13H13BrClN5O. The zero-order chi connectivity index (χ0) is 15.2. The van der Waals surface area contributed by atoms with E-state index >= 15 is 0 Å². The molecule has 1 atom stereocenters. The van der Waals surface area contributed by atoms with Crippen LogP contribution in [0.25, 0.3) is 0 Å².